The molecule has 5 nitrogen and oxygen atoms in total. The fourth-order valence-electron chi connectivity index (χ4n) is 2.34. The third-order valence-corrected chi connectivity index (χ3v) is 3.52. The highest BCUT2D eigenvalue weighted by Crippen LogP contribution is 2.20. The van der Waals surface area contributed by atoms with Crippen LogP contribution in [0.5, 0.6) is 0 Å². The van der Waals surface area contributed by atoms with E-state index >= 15 is 0 Å². The van der Waals surface area contributed by atoms with E-state index in [0.29, 0.717) is 26.1 Å². The van der Waals surface area contributed by atoms with Crippen LogP contribution in [0.1, 0.15) is 25.7 Å². The van der Waals surface area contributed by atoms with Crippen molar-refractivity contribution in [3.63, 3.8) is 0 Å². The summed E-state index contributed by atoms with van der Waals surface area (Å²) >= 11 is 0. The lowest BCUT2D eigenvalue weighted by Crippen LogP contribution is -2.58. The standard InChI is InChI=1S/C11H20N2O3/c14-8-11(3-6-16-7-4-11)13-10(15)9-2-1-5-12-9/h9,12,14H,1-8H2,(H,13,15)/t9-/m1/s1. The van der Waals surface area contributed by atoms with Gasteiger partial charge in [-0.3, -0.25) is 4.79 Å². The molecule has 2 aliphatic heterocycles. The summed E-state index contributed by atoms with van der Waals surface area (Å²) < 4.78 is 5.26. The number of carbonyl (C=O) groups excluding carboxylic acids is 1. The van der Waals surface area contributed by atoms with Gasteiger partial charge in [-0.15, -0.1) is 0 Å². The van der Waals surface area contributed by atoms with Crippen molar-refractivity contribution >= 4 is 5.91 Å². The number of carbonyl (C=O) groups is 1. The number of nitrogens with one attached hydrogen (secondary N) is 2. The van der Waals surface area contributed by atoms with Crippen LogP contribution in [0.25, 0.3) is 0 Å². The molecule has 3 N–H and O–H groups in total. The van der Waals surface area contributed by atoms with Gasteiger partial charge < -0.3 is 20.5 Å². The Bertz CT molecular complexity index is 246. The summed E-state index contributed by atoms with van der Waals surface area (Å²) in [6.07, 6.45) is 3.33. The van der Waals surface area contributed by atoms with Crippen LogP contribution in [0.15, 0.2) is 0 Å². The van der Waals surface area contributed by atoms with Crippen molar-refractivity contribution in [2.75, 3.05) is 26.4 Å². The van der Waals surface area contributed by atoms with Gasteiger partial charge in [0.1, 0.15) is 0 Å². The number of aliphatic hydroxyl groups is 1. The Morgan fingerprint density at radius 1 is 1.50 bits per heavy atom. The molecule has 16 heavy (non-hydrogen) atoms. The average molecular weight is 228 g/mol. The molecular weight excluding hydrogens is 208 g/mol. The van der Waals surface area contributed by atoms with Crippen LogP contribution in [0.3, 0.4) is 0 Å². The first-order valence-electron chi connectivity index (χ1n) is 6.00. The molecular formula is C11H20N2O3. The predicted octanol–water partition coefficient (Wildman–Crippen LogP) is -0.604. The smallest absolute Gasteiger partial charge is 0.237 e. The zero-order valence-corrected chi connectivity index (χ0v) is 9.50. The van der Waals surface area contributed by atoms with E-state index in [1.165, 1.54) is 0 Å². The molecule has 0 spiro atoms. The van der Waals surface area contributed by atoms with Crippen LogP contribution < -0.4 is 10.6 Å². The van der Waals surface area contributed by atoms with Gasteiger partial charge in [0, 0.05) is 13.2 Å². The summed E-state index contributed by atoms with van der Waals surface area (Å²) in [5.74, 6) is 0.0217. The second-order valence-electron chi connectivity index (χ2n) is 4.69. The molecule has 0 bridgehead atoms. The minimum atomic E-state index is -0.459. The van der Waals surface area contributed by atoms with E-state index in [0.717, 1.165) is 19.4 Å². The van der Waals surface area contributed by atoms with Gasteiger partial charge >= 0.3 is 0 Å². The van der Waals surface area contributed by atoms with E-state index in [1.807, 2.05) is 0 Å². The molecule has 2 saturated heterocycles. The zero-order chi connectivity index (χ0) is 11.4. The quantitative estimate of drug-likeness (QED) is 0.603. The fourth-order valence-corrected chi connectivity index (χ4v) is 2.34. The summed E-state index contributed by atoms with van der Waals surface area (Å²) in [6.45, 7) is 2.13. The van der Waals surface area contributed by atoms with Gasteiger partial charge in [0.05, 0.1) is 18.2 Å². The monoisotopic (exact) mass is 228 g/mol. The Kier molecular flexibility index (Phi) is 3.78. The maximum absolute atomic E-state index is 12.0. The molecule has 2 heterocycles. The maximum Gasteiger partial charge on any atom is 0.237 e. The Morgan fingerprint density at radius 2 is 2.25 bits per heavy atom. The van der Waals surface area contributed by atoms with E-state index in [1.54, 1.807) is 0 Å². The summed E-state index contributed by atoms with van der Waals surface area (Å²) in [6, 6.07) is -0.0775. The van der Waals surface area contributed by atoms with Crippen LogP contribution in [0, 0.1) is 0 Å². The largest absolute Gasteiger partial charge is 0.394 e. The highest BCUT2D eigenvalue weighted by atomic mass is 16.5. The lowest BCUT2D eigenvalue weighted by atomic mass is 9.90. The summed E-state index contributed by atoms with van der Waals surface area (Å²) in [5.41, 5.74) is -0.459. The van der Waals surface area contributed by atoms with Gasteiger partial charge in [-0.25, -0.2) is 0 Å². The molecule has 0 aromatic rings. The molecule has 5 heteroatoms. The van der Waals surface area contributed by atoms with Crippen molar-refractivity contribution in [1.29, 1.82) is 0 Å². The van der Waals surface area contributed by atoms with Gasteiger partial charge in [-0.2, -0.15) is 0 Å². The van der Waals surface area contributed by atoms with Gasteiger partial charge in [0.25, 0.3) is 0 Å². The molecule has 0 aromatic heterocycles. The maximum atomic E-state index is 12.0. The van der Waals surface area contributed by atoms with Crippen LogP contribution >= 0.6 is 0 Å². The normalized spacial score (nSPS) is 28.9. The third kappa shape index (κ3) is 2.53. The second-order valence-corrected chi connectivity index (χ2v) is 4.69. The first-order chi connectivity index (χ1) is 7.76. The Hall–Kier alpha value is -0.650. The number of hydrogen-bond donors (Lipinski definition) is 3. The van der Waals surface area contributed by atoms with Crippen molar-refractivity contribution in [3.05, 3.63) is 0 Å². The Labute approximate surface area is 95.5 Å². The molecule has 2 fully saturated rings. The SMILES string of the molecule is O=C(NC1(CO)CCOCC1)[C@H]1CCCN1. The Balaban J connectivity index is 1.91. The van der Waals surface area contributed by atoms with E-state index in [-0.39, 0.29) is 18.6 Å². The van der Waals surface area contributed by atoms with Crippen molar-refractivity contribution in [2.24, 2.45) is 0 Å². The van der Waals surface area contributed by atoms with Crippen LogP contribution in [-0.4, -0.2) is 49.0 Å². The molecule has 0 radical (unpaired) electrons. The van der Waals surface area contributed by atoms with Crippen molar-refractivity contribution < 1.29 is 14.6 Å². The predicted molar refractivity (Wildman–Crippen MR) is 59.0 cm³/mol. The van der Waals surface area contributed by atoms with Gasteiger partial charge in [-0.05, 0) is 32.2 Å². The molecule has 0 aromatic carbocycles. The Morgan fingerprint density at radius 3 is 2.81 bits per heavy atom. The van der Waals surface area contributed by atoms with Gasteiger partial charge in [-0.1, -0.05) is 0 Å². The number of rotatable bonds is 3. The van der Waals surface area contributed by atoms with E-state index < -0.39 is 5.54 Å². The highest BCUT2D eigenvalue weighted by Gasteiger charge is 2.35. The van der Waals surface area contributed by atoms with E-state index in [2.05, 4.69) is 10.6 Å². The molecule has 92 valence electrons. The number of amides is 1. The van der Waals surface area contributed by atoms with Gasteiger partial charge in [0.15, 0.2) is 0 Å². The minimum absolute atomic E-state index is 0.00514. The topological polar surface area (TPSA) is 70.6 Å². The molecule has 2 rings (SSSR count). The summed E-state index contributed by atoms with van der Waals surface area (Å²) in [7, 11) is 0. The first kappa shape index (κ1) is 11.8. The van der Waals surface area contributed by atoms with Crippen LogP contribution in [-0.2, 0) is 9.53 Å². The van der Waals surface area contributed by atoms with E-state index in [4.69, 9.17) is 4.74 Å². The summed E-state index contributed by atoms with van der Waals surface area (Å²) in [4.78, 5) is 12.0. The molecule has 1 amide bonds. The number of hydrogen-bond acceptors (Lipinski definition) is 4. The molecule has 0 saturated carbocycles. The second kappa shape index (κ2) is 5.12. The van der Waals surface area contributed by atoms with E-state index in [9.17, 15) is 9.90 Å². The molecule has 0 aliphatic carbocycles. The number of ether oxygens (including phenoxy) is 1. The minimum Gasteiger partial charge on any atom is -0.394 e. The zero-order valence-electron chi connectivity index (χ0n) is 9.50. The lowest BCUT2D eigenvalue weighted by molar-refractivity contribution is -0.127. The number of aliphatic hydroxyl groups excluding tert-OH is 1. The van der Waals surface area contributed by atoms with Crippen LogP contribution in [0.2, 0.25) is 0 Å². The fraction of sp³-hybridized carbons (Fsp3) is 0.909. The molecule has 2 aliphatic rings. The molecule has 1 atom stereocenters. The van der Waals surface area contributed by atoms with Crippen molar-refractivity contribution in [2.45, 2.75) is 37.3 Å². The third-order valence-electron chi connectivity index (χ3n) is 3.52. The molecule has 0 unspecified atom stereocenters. The van der Waals surface area contributed by atoms with Gasteiger partial charge in [0.2, 0.25) is 5.91 Å². The van der Waals surface area contributed by atoms with Crippen molar-refractivity contribution in [1.82, 2.24) is 10.6 Å². The first-order valence-corrected chi connectivity index (χ1v) is 6.00. The average Bonchev–Trinajstić information content (AvgIpc) is 2.84. The van der Waals surface area contributed by atoms with Crippen LogP contribution in [0.4, 0.5) is 0 Å². The summed E-state index contributed by atoms with van der Waals surface area (Å²) in [5, 5.41) is 15.6. The lowest BCUT2D eigenvalue weighted by Gasteiger charge is -2.37. The highest BCUT2D eigenvalue weighted by molar-refractivity contribution is 5.82. The van der Waals surface area contributed by atoms with Crippen molar-refractivity contribution in [3.8, 4) is 0 Å².